The number of carbonyl (C=O) groups excluding carboxylic acids is 2. The number of imidazole rings is 1. The molecule has 14 heteroatoms. The van der Waals surface area contributed by atoms with E-state index in [-0.39, 0.29) is 45.3 Å². The highest BCUT2D eigenvalue weighted by atomic mass is 32.1. The van der Waals surface area contributed by atoms with Gasteiger partial charge in [0.25, 0.3) is 18.2 Å². The smallest absolute Gasteiger partial charge is 0.272 e. The van der Waals surface area contributed by atoms with Crippen molar-refractivity contribution in [2.75, 3.05) is 32.2 Å². The molecular weight excluding hydrogens is 640 g/mol. The van der Waals surface area contributed by atoms with Crippen molar-refractivity contribution in [3.63, 3.8) is 0 Å². The first-order chi connectivity index (χ1) is 22.6. The lowest BCUT2D eigenvalue weighted by molar-refractivity contribution is -0.127. The van der Waals surface area contributed by atoms with Gasteiger partial charge in [-0.2, -0.15) is 5.26 Å². The standard InChI is InChI=1S/C34H45F2N7O4S/c1-21(33(2,3)4)38-18-22-15-25-29(39-19-22)43(32(40-25)41-30(44)27-11-10-26(48-27)28(35)36)20-24-9-8-12-42(24)31(45)23(17-37)16-34(5,6)47-14-13-46-7/h10-11,15-16,19,21,24,28,38H,8-9,12-14,18,20H2,1-7H3,(H,40,41,44)/b23-16+/t21-,24+/m0/s1. The van der Waals surface area contributed by atoms with E-state index in [2.05, 4.69) is 38.3 Å². The van der Waals surface area contributed by atoms with Crippen LogP contribution in [0.2, 0.25) is 0 Å². The van der Waals surface area contributed by atoms with Crippen LogP contribution in [0.3, 0.4) is 0 Å². The highest BCUT2D eigenvalue weighted by Gasteiger charge is 2.33. The van der Waals surface area contributed by atoms with Gasteiger partial charge in [-0.05, 0) is 68.9 Å². The summed E-state index contributed by atoms with van der Waals surface area (Å²) >= 11 is 0.718. The van der Waals surface area contributed by atoms with Crippen LogP contribution < -0.4 is 10.6 Å². The number of methoxy groups -OCH3 is 1. The van der Waals surface area contributed by atoms with Gasteiger partial charge < -0.3 is 19.7 Å². The predicted octanol–water partition coefficient (Wildman–Crippen LogP) is 6.09. The van der Waals surface area contributed by atoms with Gasteiger partial charge in [0.2, 0.25) is 5.95 Å². The molecule has 1 fully saturated rings. The molecule has 3 aromatic heterocycles. The van der Waals surface area contributed by atoms with Crippen LogP contribution in [-0.2, 0) is 27.4 Å². The van der Waals surface area contributed by atoms with E-state index >= 15 is 0 Å². The normalized spacial score (nSPS) is 16.5. The molecule has 2 amide bonds. The molecule has 48 heavy (non-hydrogen) atoms. The molecule has 3 aromatic rings. The average Bonchev–Trinajstić information content (AvgIpc) is 3.77. The molecule has 0 saturated carbocycles. The molecular formula is C34H45F2N7O4S. The number of fused-ring (bicyclic) bond motifs is 1. The number of likely N-dealkylation sites (tertiary alicyclic amines) is 1. The maximum atomic E-state index is 13.7. The van der Waals surface area contributed by atoms with E-state index in [1.165, 1.54) is 18.2 Å². The summed E-state index contributed by atoms with van der Waals surface area (Å²) in [7, 11) is 1.57. The summed E-state index contributed by atoms with van der Waals surface area (Å²) in [6, 6.07) is 6.44. The number of hydrogen-bond acceptors (Lipinski definition) is 9. The Morgan fingerprint density at radius 3 is 2.62 bits per heavy atom. The zero-order valence-corrected chi connectivity index (χ0v) is 29.4. The summed E-state index contributed by atoms with van der Waals surface area (Å²) in [5.41, 5.74) is 1.09. The molecule has 0 aliphatic carbocycles. The molecule has 2 atom stereocenters. The second-order valence-corrected chi connectivity index (χ2v) is 14.7. The maximum Gasteiger partial charge on any atom is 0.272 e. The predicted molar refractivity (Wildman–Crippen MR) is 181 cm³/mol. The number of rotatable bonds is 14. The fraction of sp³-hybridized carbons (Fsp3) is 0.559. The van der Waals surface area contributed by atoms with Crippen molar-refractivity contribution >= 4 is 40.3 Å². The van der Waals surface area contributed by atoms with Gasteiger partial charge >= 0.3 is 0 Å². The van der Waals surface area contributed by atoms with E-state index in [9.17, 15) is 23.6 Å². The van der Waals surface area contributed by atoms with Crippen LogP contribution >= 0.6 is 11.3 Å². The highest BCUT2D eigenvalue weighted by Crippen LogP contribution is 2.30. The van der Waals surface area contributed by atoms with Crippen molar-refractivity contribution in [2.45, 2.75) is 91.6 Å². The van der Waals surface area contributed by atoms with Gasteiger partial charge in [0.05, 0.1) is 34.6 Å². The number of aromatic nitrogens is 3. The van der Waals surface area contributed by atoms with Crippen LogP contribution in [0.1, 0.15) is 80.9 Å². The van der Waals surface area contributed by atoms with Crippen LogP contribution in [0, 0.1) is 16.7 Å². The Bertz CT molecular complexity index is 1670. The summed E-state index contributed by atoms with van der Waals surface area (Å²) in [5, 5.41) is 16.3. The first kappa shape index (κ1) is 37.1. The van der Waals surface area contributed by atoms with Crippen molar-refractivity contribution in [1.82, 2.24) is 24.8 Å². The first-order valence-corrected chi connectivity index (χ1v) is 16.8. The van der Waals surface area contributed by atoms with Crippen LogP contribution in [0.15, 0.2) is 36.0 Å². The maximum absolute atomic E-state index is 13.7. The molecule has 2 N–H and O–H groups in total. The number of hydrogen-bond donors (Lipinski definition) is 2. The van der Waals surface area contributed by atoms with Crippen LogP contribution in [0.5, 0.6) is 0 Å². The Labute approximate surface area is 284 Å². The van der Waals surface area contributed by atoms with E-state index in [4.69, 9.17) is 19.4 Å². The molecule has 4 rings (SSSR count). The van der Waals surface area contributed by atoms with Gasteiger partial charge in [0.15, 0.2) is 5.65 Å². The Morgan fingerprint density at radius 1 is 1.23 bits per heavy atom. The minimum atomic E-state index is -2.68. The molecule has 0 spiro atoms. The first-order valence-electron chi connectivity index (χ1n) is 16.0. The fourth-order valence-corrected chi connectivity index (χ4v) is 6.09. The molecule has 1 aliphatic rings. The Kier molecular flexibility index (Phi) is 12.1. The number of anilines is 1. The number of carbonyl (C=O) groups is 2. The quantitative estimate of drug-likeness (QED) is 0.118. The van der Waals surface area contributed by atoms with E-state index in [1.54, 1.807) is 36.6 Å². The van der Waals surface area contributed by atoms with E-state index in [0.29, 0.717) is 43.9 Å². The lowest BCUT2D eigenvalue weighted by atomic mass is 9.88. The van der Waals surface area contributed by atoms with Gasteiger partial charge in [0.1, 0.15) is 17.2 Å². The molecule has 0 aromatic carbocycles. The lowest BCUT2D eigenvalue weighted by Crippen LogP contribution is -2.39. The highest BCUT2D eigenvalue weighted by molar-refractivity contribution is 7.14. The molecule has 260 valence electrons. The van der Waals surface area contributed by atoms with Crippen molar-refractivity contribution in [1.29, 1.82) is 5.26 Å². The van der Waals surface area contributed by atoms with Crippen LogP contribution in [-0.4, -0.2) is 75.8 Å². The lowest BCUT2D eigenvalue weighted by Gasteiger charge is -2.28. The van der Waals surface area contributed by atoms with Gasteiger partial charge in [0, 0.05) is 39.0 Å². The SMILES string of the molecule is COCCOC(C)(C)/C=C(\C#N)C(=O)N1CCC[C@@H]1Cn1c(NC(=O)c2ccc(C(F)F)s2)nc2cc(CN[C@@H](C)C(C)(C)C)cnc21. The zero-order chi connectivity index (χ0) is 35.2. The summed E-state index contributed by atoms with van der Waals surface area (Å²) < 4.78 is 39.1. The number of amides is 2. The number of ether oxygens (including phenoxy) is 2. The molecule has 1 saturated heterocycles. The zero-order valence-electron chi connectivity index (χ0n) is 28.6. The summed E-state index contributed by atoms with van der Waals surface area (Å²) in [4.78, 5) is 37.9. The third kappa shape index (κ3) is 9.22. The Morgan fingerprint density at radius 2 is 1.98 bits per heavy atom. The van der Waals surface area contributed by atoms with Gasteiger partial charge in [-0.25, -0.2) is 18.7 Å². The fourth-order valence-electron chi connectivity index (χ4n) is 5.33. The number of thiophene rings is 1. The molecule has 0 bridgehead atoms. The molecule has 0 radical (unpaired) electrons. The van der Waals surface area contributed by atoms with E-state index in [1.807, 2.05) is 12.1 Å². The monoisotopic (exact) mass is 685 g/mol. The summed E-state index contributed by atoms with van der Waals surface area (Å²) in [6.45, 7) is 14.1. The summed E-state index contributed by atoms with van der Waals surface area (Å²) in [6.07, 6.45) is 1.98. The van der Waals surface area contributed by atoms with Crippen LogP contribution in [0.25, 0.3) is 11.2 Å². The molecule has 0 unspecified atom stereocenters. The average molecular weight is 686 g/mol. The van der Waals surface area contributed by atoms with Crippen LogP contribution in [0.4, 0.5) is 14.7 Å². The minimum absolute atomic E-state index is 0.0272. The van der Waals surface area contributed by atoms with Gasteiger partial charge in [-0.1, -0.05) is 20.8 Å². The topological polar surface area (TPSA) is 134 Å². The van der Waals surface area contributed by atoms with Gasteiger partial charge in [-0.3, -0.25) is 19.5 Å². The van der Waals surface area contributed by atoms with Crippen molar-refractivity contribution < 1.29 is 27.8 Å². The Hall–Kier alpha value is -3.77. The second kappa shape index (κ2) is 15.6. The molecule has 11 nitrogen and oxygen atoms in total. The third-order valence-corrected chi connectivity index (χ3v) is 9.57. The second-order valence-electron chi connectivity index (χ2n) is 13.6. The number of nitrogens with zero attached hydrogens (tertiary/aromatic N) is 5. The number of halogens is 2. The summed E-state index contributed by atoms with van der Waals surface area (Å²) in [5.74, 6) is -0.800. The third-order valence-electron chi connectivity index (χ3n) is 8.48. The molecule has 4 heterocycles. The molecule has 1 aliphatic heterocycles. The Balaban J connectivity index is 1.64. The number of nitriles is 1. The number of nitrogens with one attached hydrogen (secondary N) is 2. The number of pyridine rings is 1. The van der Waals surface area contributed by atoms with E-state index < -0.39 is 23.8 Å². The largest absolute Gasteiger partial charge is 0.382 e. The van der Waals surface area contributed by atoms with E-state index in [0.717, 1.165) is 23.3 Å². The number of alkyl halides is 2. The van der Waals surface area contributed by atoms with Crippen molar-refractivity contribution in [2.24, 2.45) is 5.41 Å². The van der Waals surface area contributed by atoms with Gasteiger partial charge in [-0.15, -0.1) is 11.3 Å². The minimum Gasteiger partial charge on any atom is -0.382 e. The van der Waals surface area contributed by atoms with Crippen molar-refractivity contribution in [3.8, 4) is 6.07 Å². The van der Waals surface area contributed by atoms with Crippen molar-refractivity contribution in [3.05, 3.63) is 51.4 Å².